The monoisotopic (exact) mass is 464 g/mol. The highest BCUT2D eigenvalue weighted by Gasteiger charge is 2.24. The zero-order valence-electron chi connectivity index (χ0n) is 17.4. The van der Waals surface area contributed by atoms with Gasteiger partial charge in [0.25, 0.3) is 5.91 Å². The summed E-state index contributed by atoms with van der Waals surface area (Å²) < 4.78 is 11.4. The number of hydrogen-bond donors (Lipinski definition) is 1. The first-order chi connectivity index (χ1) is 15.6. The van der Waals surface area contributed by atoms with Crippen LogP contribution in [0.2, 0.25) is 5.02 Å². The number of carbonyl (C=O) groups is 1. The lowest BCUT2D eigenvalue weighted by Gasteiger charge is -2.09. The van der Waals surface area contributed by atoms with Gasteiger partial charge in [-0.05, 0) is 72.8 Å². The van der Waals surface area contributed by atoms with E-state index >= 15 is 0 Å². The number of para-hydroxylation sites is 1. The Hall–Kier alpha value is -3.22. The summed E-state index contributed by atoms with van der Waals surface area (Å²) in [6.07, 6.45) is 1.82. The number of nitrogens with zero attached hydrogens (tertiary/aromatic N) is 1. The van der Waals surface area contributed by atoms with Gasteiger partial charge in [0, 0.05) is 10.6 Å². The first kappa shape index (κ1) is 22.0. The van der Waals surface area contributed by atoms with E-state index in [1.54, 1.807) is 0 Å². The number of thioether (sulfide) groups is 1. The molecule has 0 aliphatic carbocycles. The van der Waals surface area contributed by atoms with E-state index in [1.807, 2.05) is 85.8 Å². The third-order valence-electron chi connectivity index (χ3n) is 4.54. The second kappa shape index (κ2) is 10.4. The van der Waals surface area contributed by atoms with Gasteiger partial charge in [0.15, 0.2) is 5.17 Å². The van der Waals surface area contributed by atoms with Gasteiger partial charge in [-0.3, -0.25) is 4.79 Å². The summed E-state index contributed by atoms with van der Waals surface area (Å²) in [6, 6.07) is 22.5. The van der Waals surface area contributed by atoms with Crippen LogP contribution >= 0.6 is 23.4 Å². The maximum absolute atomic E-state index is 12.5. The molecule has 5 nitrogen and oxygen atoms in total. The lowest BCUT2D eigenvalue weighted by Crippen LogP contribution is -2.19. The van der Waals surface area contributed by atoms with Crippen LogP contribution in [0.15, 0.2) is 82.7 Å². The number of benzene rings is 3. The van der Waals surface area contributed by atoms with Crippen LogP contribution in [-0.4, -0.2) is 17.7 Å². The van der Waals surface area contributed by atoms with Gasteiger partial charge in [-0.2, -0.15) is 0 Å². The zero-order valence-corrected chi connectivity index (χ0v) is 19.0. The molecule has 0 spiro atoms. The standard InChI is InChI=1S/C25H21ClN2O3S/c1-2-30-21-13-11-20(12-14-21)27-25-28-24(29)23(32-25)15-18-5-3-4-6-22(18)31-16-17-7-9-19(26)10-8-17/h3-15H,2,16H2,1H3,(H,27,28,29)/b23-15+. The van der Waals surface area contributed by atoms with E-state index < -0.39 is 0 Å². The van der Waals surface area contributed by atoms with E-state index in [0.717, 1.165) is 22.6 Å². The second-order valence-electron chi connectivity index (χ2n) is 6.86. The Bertz CT molecular complexity index is 1160. The number of aliphatic imine (C=N–C) groups is 1. The maximum atomic E-state index is 12.5. The largest absolute Gasteiger partial charge is 0.494 e. The number of amides is 1. The van der Waals surface area contributed by atoms with E-state index in [1.165, 1.54) is 11.8 Å². The highest BCUT2D eigenvalue weighted by Crippen LogP contribution is 2.31. The molecule has 1 fully saturated rings. The van der Waals surface area contributed by atoms with E-state index in [-0.39, 0.29) is 5.91 Å². The number of halogens is 1. The molecule has 1 N–H and O–H groups in total. The van der Waals surface area contributed by atoms with Crippen molar-refractivity contribution < 1.29 is 14.3 Å². The fourth-order valence-corrected chi connectivity index (χ4v) is 3.95. The van der Waals surface area contributed by atoms with Crippen molar-refractivity contribution in [2.24, 2.45) is 4.99 Å². The van der Waals surface area contributed by atoms with Crippen LogP contribution in [0.4, 0.5) is 5.69 Å². The van der Waals surface area contributed by atoms with E-state index in [4.69, 9.17) is 21.1 Å². The third kappa shape index (κ3) is 5.72. The molecule has 3 aromatic rings. The number of rotatable bonds is 7. The topological polar surface area (TPSA) is 59.9 Å². The molecule has 0 unspecified atom stereocenters. The molecule has 1 saturated heterocycles. The lowest BCUT2D eigenvalue weighted by molar-refractivity contribution is -0.115. The molecular formula is C25H21ClN2O3S. The second-order valence-corrected chi connectivity index (χ2v) is 8.33. The van der Waals surface area contributed by atoms with E-state index in [2.05, 4.69) is 10.3 Å². The molecule has 32 heavy (non-hydrogen) atoms. The summed E-state index contributed by atoms with van der Waals surface area (Å²) in [6.45, 7) is 2.95. The summed E-state index contributed by atoms with van der Waals surface area (Å²) in [5.41, 5.74) is 2.57. The molecule has 0 radical (unpaired) electrons. The highest BCUT2D eigenvalue weighted by molar-refractivity contribution is 8.18. The van der Waals surface area contributed by atoms with Gasteiger partial charge in [-0.1, -0.05) is 41.9 Å². The first-order valence-electron chi connectivity index (χ1n) is 10.1. The number of hydrogen-bond acceptors (Lipinski definition) is 5. The quantitative estimate of drug-likeness (QED) is 0.422. The lowest BCUT2D eigenvalue weighted by atomic mass is 10.2. The molecule has 7 heteroatoms. The molecular weight excluding hydrogens is 444 g/mol. The summed E-state index contributed by atoms with van der Waals surface area (Å²) in [4.78, 5) is 17.6. The molecule has 1 aliphatic heterocycles. The van der Waals surface area contributed by atoms with Crippen LogP contribution in [0, 0.1) is 0 Å². The number of ether oxygens (including phenoxy) is 2. The van der Waals surface area contributed by atoms with Crippen molar-refractivity contribution in [2.75, 3.05) is 6.61 Å². The minimum Gasteiger partial charge on any atom is -0.494 e. The number of nitrogens with one attached hydrogen (secondary N) is 1. The smallest absolute Gasteiger partial charge is 0.264 e. The van der Waals surface area contributed by atoms with E-state index in [0.29, 0.717) is 34.1 Å². The van der Waals surface area contributed by atoms with Gasteiger partial charge in [0.05, 0.1) is 17.2 Å². The fraction of sp³-hybridized carbons (Fsp3) is 0.120. The molecule has 1 aliphatic rings. The predicted octanol–water partition coefficient (Wildman–Crippen LogP) is 6.21. The van der Waals surface area contributed by atoms with Crippen molar-refractivity contribution in [3.8, 4) is 11.5 Å². The average molecular weight is 465 g/mol. The summed E-state index contributed by atoms with van der Waals surface area (Å²) in [7, 11) is 0. The Morgan fingerprint density at radius 3 is 2.50 bits per heavy atom. The van der Waals surface area contributed by atoms with Gasteiger partial charge in [-0.15, -0.1) is 0 Å². The van der Waals surface area contributed by atoms with Crippen LogP contribution < -0.4 is 14.8 Å². The van der Waals surface area contributed by atoms with Gasteiger partial charge < -0.3 is 14.8 Å². The Kier molecular flexibility index (Phi) is 7.14. The Balaban J connectivity index is 1.48. The average Bonchev–Trinajstić information content (AvgIpc) is 3.14. The zero-order chi connectivity index (χ0) is 22.3. The molecule has 1 heterocycles. The van der Waals surface area contributed by atoms with Crippen LogP contribution in [-0.2, 0) is 11.4 Å². The van der Waals surface area contributed by atoms with Crippen molar-refractivity contribution in [1.29, 1.82) is 0 Å². The predicted molar refractivity (Wildman–Crippen MR) is 131 cm³/mol. The summed E-state index contributed by atoms with van der Waals surface area (Å²) in [5, 5.41) is 4.03. The number of carbonyl (C=O) groups excluding carboxylic acids is 1. The van der Waals surface area contributed by atoms with Crippen LogP contribution in [0.5, 0.6) is 11.5 Å². The summed E-state index contributed by atoms with van der Waals surface area (Å²) in [5.74, 6) is 1.29. The SMILES string of the molecule is CCOc1ccc(N=C2NC(=O)/C(=C\c3ccccc3OCc3ccc(Cl)cc3)S2)cc1. The van der Waals surface area contributed by atoms with Gasteiger partial charge >= 0.3 is 0 Å². The Labute approximate surface area is 196 Å². The Morgan fingerprint density at radius 2 is 1.75 bits per heavy atom. The molecule has 162 valence electrons. The van der Waals surface area contributed by atoms with Gasteiger partial charge in [0.2, 0.25) is 0 Å². The van der Waals surface area contributed by atoms with Gasteiger partial charge in [0.1, 0.15) is 18.1 Å². The van der Waals surface area contributed by atoms with Crippen molar-refractivity contribution in [3.63, 3.8) is 0 Å². The van der Waals surface area contributed by atoms with Gasteiger partial charge in [-0.25, -0.2) is 4.99 Å². The molecule has 1 amide bonds. The third-order valence-corrected chi connectivity index (χ3v) is 5.70. The van der Waals surface area contributed by atoms with Crippen molar-refractivity contribution in [1.82, 2.24) is 5.32 Å². The fourth-order valence-electron chi connectivity index (χ4n) is 3.00. The van der Waals surface area contributed by atoms with Crippen LogP contribution in [0.25, 0.3) is 6.08 Å². The van der Waals surface area contributed by atoms with E-state index in [9.17, 15) is 4.79 Å². The molecule has 3 aromatic carbocycles. The highest BCUT2D eigenvalue weighted by atomic mass is 35.5. The van der Waals surface area contributed by atoms with Crippen molar-refractivity contribution in [3.05, 3.63) is 93.9 Å². The Morgan fingerprint density at radius 1 is 1.00 bits per heavy atom. The van der Waals surface area contributed by atoms with Crippen molar-refractivity contribution in [2.45, 2.75) is 13.5 Å². The molecule has 0 saturated carbocycles. The minimum absolute atomic E-state index is 0.188. The number of amidine groups is 1. The minimum atomic E-state index is -0.188. The molecule has 4 rings (SSSR count). The summed E-state index contributed by atoms with van der Waals surface area (Å²) >= 11 is 7.24. The van der Waals surface area contributed by atoms with Crippen LogP contribution in [0.1, 0.15) is 18.1 Å². The van der Waals surface area contributed by atoms with Crippen LogP contribution in [0.3, 0.4) is 0 Å². The molecule has 0 bridgehead atoms. The normalized spacial score (nSPS) is 15.8. The van der Waals surface area contributed by atoms with Crippen molar-refractivity contribution >= 4 is 46.2 Å². The maximum Gasteiger partial charge on any atom is 0.264 e. The molecule has 0 atom stereocenters. The molecule has 0 aromatic heterocycles. The first-order valence-corrected chi connectivity index (χ1v) is 11.3.